The number of pyridine rings is 1. The number of hydrogen-bond acceptors (Lipinski definition) is 3. The molecule has 2 aromatic heterocycles. The Bertz CT molecular complexity index is 754. The number of methoxy groups -OCH3 is 1. The van der Waals surface area contributed by atoms with Crippen LogP contribution in [0, 0.1) is 5.82 Å². The molecule has 0 aliphatic rings. The van der Waals surface area contributed by atoms with E-state index in [1.807, 2.05) is 22.8 Å². The predicted molar refractivity (Wildman–Crippen MR) is 78.6 cm³/mol. The van der Waals surface area contributed by atoms with Gasteiger partial charge in [-0.05, 0) is 23.8 Å². The van der Waals surface area contributed by atoms with Crippen LogP contribution in [0.1, 0.15) is 11.4 Å². The Hall–Kier alpha value is -2.27. The maximum atomic E-state index is 13.8. The van der Waals surface area contributed by atoms with Crippen LogP contribution in [0.5, 0.6) is 0 Å². The van der Waals surface area contributed by atoms with Gasteiger partial charge >= 0.3 is 0 Å². The average Bonchev–Trinajstić information content (AvgIpc) is 2.85. The Balaban J connectivity index is 2.02. The summed E-state index contributed by atoms with van der Waals surface area (Å²) >= 11 is 0. The third-order valence-electron chi connectivity index (χ3n) is 3.41. The molecule has 2 heterocycles. The summed E-state index contributed by atoms with van der Waals surface area (Å²) in [6, 6.07) is 10.5. The first-order valence-corrected chi connectivity index (χ1v) is 6.82. The van der Waals surface area contributed by atoms with E-state index in [-0.39, 0.29) is 5.82 Å². The molecule has 0 bridgehead atoms. The molecule has 1 aromatic carbocycles. The van der Waals surface area contributed by atoms with Gasteiger partial charge in [-0.25, -0.2) is 14.4 Å². The molecule has 0 amide bonds. The van der Waals surface area contributed by atoms with Crippen molar-refractivity contribution < 1.29 is 9.13 Å². The SMILES string of the molecule is COCCn1c(Cc2ccccc2F)nc2cccnc21. The van der Waals surface area contributed by atoms with Crippen molar-refractivity contribution in [1.82, 2.24) is 14.5 Å². The fourth-order valence-electron chi connectivity index (χ4n) is 2.37. The second-order valence-corrected chi connectivity index (χ2v) is 4.79. The predicted octanol–water partition coefficient (Wildman–Crippen LogP) is 2.81. The van der Waals surface area contributed by atoms with Gasteiger partial charge in [-0.3, -0.25) is 0 Å². The monoisotopic (exact) mass is 285 g/mol. The number of nitrogens with zero attached hydrogens (tertiary/aromatic N) is 3. The van der Waals surface area contributed by atoms with E-state index in [1.54, 1.807) is 25.4 Å². The van der Waals surface area contributed by atoms with Gasteiger partial charge in [-0.1, -0.05) is 18.2 Å². The van der Waals surface area contributed by atoms with Crippen LogP contribution in [0.3, 0.4) is 0 Å². The van der Waals surface area contributed by atoms with E-state index < -0.39 is 0 Å². The van der Waals surface area contributed by atoms with Crippen LogP contribution < -0.4 is 0 Å². The lowest BCUT2D eigenvalue weighted by Crippen LogP contribution is -2.10. The molecular formula is C16H16FN3O. The van der Waals surface area contributed by atoms with E-state index in [9.17, 15) is 4.39 Å². The Morgan fingerprint density at radius 1 is 1.19 bits per heavy atom. The Kier molecular flexibility index (Phi) is 3.92. The number of benzene rings is 1. The van der Waals surface area contributed by atoms with Gasteiger partial charge in [0.1, 0.15) is 17.2 Å². The van der Waals surface area contributed by atoms with Gasteiger partial charge in [0, 0.05) is 26.3 Å². The van der Waals surface area contributed by atoms with Gasteiger partial charge in [-0.2, -0.15) is 0 Å². The number of aromatic nitrogens is 3. The molecule has 4 nitrogen and oxygen atoms in total. The summed E-state index contributed by atoms with van der Waals surface area (Å²) in [4.78, 5) is 8.95. The van der Waals surface area contributed by atoms with E-state index in [0.717, 1.165) is 17.0 Å². The van der Waals surface area contributed by atoms with Gasteiger partial charge in [0.25, 0.3) is 0 Å². The third-order valence-corrected chi connectivity index (χ3v) is 3.41. The van der Waals surface area contributed by atoms with Gasteiger partial charge in [0.05, 0.1) is 6.61 Å². The minimum atomic E-state index is -0.212. The molecule has 5 heteroatoms. The van der Waals surface area contributed by atoms with Crippen LogP contribution in [-0.4, -0.2) is 28.3 Å². The molecule has 0 spiro atoms. The van der Waals surface area contributed by atoms with Crippen molar-refractivity contribution in [3.05, 3.63) is 59.8 Å². The van der Waals surface area contributed by atoms with E-state index in [1.165, 1.54) is 6.07 Å². The van der Waals surface area contributed by atoms with Gasteiger partial charge in [0.15, 0.2) is 5.65 Å². The summed E-state index contributed by atoms with van der Waals surface area (Å²) in [7, 11) is 1.66. The fraction of sp³-hybridized carbons (Fsp3) is 0.250. The molecule has 0 aliphatic heterocycles. The quantitative estimate of drug-likeness (QED) is 0.723. The second kappa shape index (κ2) is 6.01. The summed E-state index contributed by atoms with van der Waals surface area (Å²) in [6.07, 6.45) is 2.17. The van der Waals surface area contributed by atoms with Crippen LogP contribution in [0.25, 0.3) is 11.2 Å². The molecule has 3 aromatic rings. The zero-order chi connectivity index (χ0) is 14.7. The highest BCUT2D eigenvalue weighted by atomic mass is 19.1. The van der Waals surface area contributed by atoms with Crippen molar-refractivity contribution in [3.63, 3.8) is 0 Å². The zero-order valence-corrected chi connectivity index (χ0v) is 11.8. The first-order valence-electron chi connectivity index (χ1n) is 6.82. The third kappa shape index (κ3) is 2.78. The molecule has 0 unspecified atom stereocenters. The summed E-state index contributed by atoms with van der Waals surface area (Å²) in [5.41, 5.74) is 2.26. The van der Waals surface area contributed by atoms with Gasteiger partial charge in [0.2, 0.25) is 0 Å². The number of hydrogen-bond donors (Lipinski definition) is 0. The number of ether oxygens (including phenoxy) is 1. The molecule has 0 radical (unpaired) electrons. The maximum absolute atomic E-state index is 13.8. The highest BCUT2D eigenvalue weighted by Gasteiger charge is 2.13. The van der Waals surface area contributed by atoms with Crippen molar-refractivity contribution in [3.8, 4) is 0 Å². The van der Waals surface area contributed by atoms with Crippen molar-refractivity contribution in [2.24, 2.45) is 0 Å². The maximum Gasteiger partial charge on any atom is 0.160 e. The summed E-state index contributed by atoms with van der Waals surface area (Å²) < 4.78 is 21.0. The molecule has 0 atom stereocenters. The van der Waals surface area contributed by atoms with E-state index in [2.05, 4.69) is 9.97 Å². The lowest BCUT2D eigenvalue weighted by atomic mass is 10.1. The van der Waals surface area contributed by atoms with E-state index in [0.29, 0.717) is 25.1 Å². The molecule has 0 saturated carbocycles. The molecule has 0 saturated heterocycles. The Labute approximate surface area is 122 Å². The lowest BCUT2D eigenvalue weighted by molar-refractivity contribution is 0.187. The Morgan fingerprint density at radius 2 is 2.05 bits per heavy atom. The lowest BCUT2D eigenvalue weighted by Gasteiger charge is -2.08. The Morgan fingerprint density at radius 3 is 2.86 bits per heavy atom. The molecule has 0 N–H and O–H groups in total. The van der Waals surface area contributed by atoms with Crippen LogP contribution in [-0.2, 0) is 17.7 Å². The fourth-order valence-corrected chi connectivity index (χ4v) is 2.37. The smallest absolute Gasteiger partial charge is 0.160 e. The molecule has 3 rings (SSSR count). The zero-order valence-electron chi connectivity index (χ0n) is 11.8. The molecule has 0 fully saturated rings. The minimum Gasteiger partial charge on any atom is -0.383 e. The second-order valence-electron chi connectivity index (χ2n) is 4.79. The van der Waals surface area contributed by atoms with Crippen molar-refractivity contribution in [2.45, 2.75) is 13.0 Å². The van der Waals surface area contributed by atoms with E-state index >= 15 is 0 Å². The number of rotatable bonds is 5. The van der Waals surface area contributed by atoms with Crippen molar-refractivity contribution in [2.75, 3.05) is 13.7 Å². The first kappa shape index (κ1) is 13.7. The molecular weight excluding hydrogens is 269 g/mol. The summed E-state index contributed by atoms with van der Waals surface area (Å²) in [5.74, 6) is 0.585. The highest BCUT2D eigenvalue weighted by molar-refractivity contribution is 5.71. The summed E-state index contributed by atoms with van der Waals surface area (Å²) in [6.45, 7) is 1.21. The van der Waals surface area contributed by atoms with Crippen LogP contribution in [0.15, 0.2) is 42.6 Å². The summed E-state index contributed by atoms with van der Waals surface area (Å²) in [5, 5.41) is 0. The molecule has 108 valence electrons. The van der Waals surface area contributed by atoms with Crippen molar-refractivity contribution in [1.29, 1.82) is 0 Å². The first-order chi connectivity index (χ1) is 10.3. The minimum absolute atomic E-state index is 0.212. The van der Waals surface area contributed by atoms with Crippen LogP contribution in [0.4, 0.5) is 4.39 Å². The highest BCUT2D eigenvalue weighted by Crippen LogP contribution is 2.18. The number of fused-ring (bicyclic) bond motifs is 1. The van der Waals surface area contributed by atoms with Gasteiger partial charge in [-0.15, -0.1) is 0 Å². The normalized spacial score (nSPS) is 11.1. The number of halogens is 1. The number of imidazole rings is 1. The van der Waals surface area contributed by atoms with Crippen LogP contribution >= 0.6 is 0 Å². The van der Waals surface area contributed by atoms with Crippen LogP contribution in [0.2, 0.25) is 0 Å². The van der Waals surface area contributed by atoms with Gasteiger partial charge < -0.3 is 9.30 Å². The largest absolute Gasteiger partial charge is 0.383 e. The molecule has 0 aliphatic carbocycles. The van der Waals surface area contributed by atoms with E-state index in [4.69, 9.17) is 4.74 Å². The van der Waals surface area contributed by atoms with Crippen molar-refractivity contribution >= 4 is 11.2 Å². The average molecular weight is 285 g/mol. The standard InChI is InChI=1S/C16H16FN3O/c1-21-10-9-20-15(11-12-5-2-3-6-13(12)17)19-14-7-4-8-18-16(14)20/h2-8H,9-11H2,1H3. The molecule has 21 heavy (non-hydrogen) atoms. The topological polar surface area (TPSA) is 39.9 Å².